The fraction of sp³-hybridized carbons (Fsp3) is 0.364. The number of nitrogens with one attached hydrogen (secondary N) is 1. The lowest BCUT2D eigenvalue weighted by molar-refractivity contribution is 0.151. The van der Waals surface area contributed by atoms with E-state index in [4.69, 9.17) is 4.74 Å². The van der Waals surface area contributed by atoms with Gasteiger partial charge in [-0.3, -0.25) is 0 Å². The molecule has 0 bridgehead atoms. The van der Waals surface area contributed by atoms with E-state index in [0.717, 1.165) is 19.8 Å². The number of ether oxygens (including phenoxy) is 1. The number of rotatable bonds is 5. The molecule has 0 amide bonds. The van der Waals surface area contributed by atoms with Crippen molar-refractivity contribution in [1.82, 2.24) is 4.98 Å². The first-order chi connectivity index (χ1) is 12.1. The Morgan fingerprint density at radius 2 is 1.84 bits per heavy atom. The molecule has 2 aromatic carbocycles. The molecule has 4 rings (SSSR count). The third-order valence-electron chi connectivity index (χ3n) is 5.50. The van der Waals surface area contributed by atoms with Crippen molar-refractivity contribution < 1.29 is 4.74 Å². The van der Waals surface area contributed by atoms with Crippen molar-refractivity contribution in [2.45, 2.75) is 32.2 Å². The van der Waals surface area contributed by atoms with Gasteiger partial charge in [0.2, 0.25) is 0 Å². The molecule has 0 radical (unpaired) electrons. The van der Waals surface area contributed by atoms with Gasteiger partial charge in [-0.25, -0.2) is 0 Å². The molecule has 3 nitrogen and oxygen atoms in total. The number of aromatic amines is 1. The Hall–Kier alpha value is -2.26. The van der Waals surface area contributed by atoms with E-state index in [2.05, 4.69) is 85.4 Å². The maximum absolute atomic E-state index is 5.68. The number of hydrogen-bond donors (Lipinski definition) is 1. The molecule has 1 unspecified atom stereocenters. The summed E-state index contributed by atoms with van der Waals surface area (Å²) in [4.78, 5) is 5.99. The summed E-state index contributed by atoms with van der Waals surface area (Å²) in [6.45, 7) is 9.19. The van der Waals surface area contributed by atoms with Crippen LogP contribution in [0.15, 0.2) is 54.7 Å². The minimum absolute atomic E-state index is 0.0355. The Bertz CT molecular complexity index is 880. The van der Waals surface area contributed by atoms with Crippen LogP contribution in [0, 0.1) is 0 Å². The molecule has 25 heavy (non-hydrogen) atoms. The van der Waals surface area contributed by atoms with Crippen LogP contribution < -0.4 is 4.90 Å². The monoisotopic (exact) mass is 334 g/mol. The first kappa shape index (κ1) is 16.2. The van der Waals surface area contributed by atoms with Crippen LogP contribution in [0.3, 0.4) is 0 Å². The van der Waals surface area contributed by atoms with Gasteiger partial charge in [-0.05, 0) is 24.6 Å². The zero-order chi connectivity index (χ0) is 17.4. The number of fused-ring (bicyclic) bond motifs is 2. The Labute approximate surface area is 149 Å². The Kier molecular flexibility index (Phi) is 4.04. The van der Waals surface area contributed by atoms with Gasteiger partial charge in [0, 0.05) is 46.9 Å². The van der Waals surface area contributed by atoms with Gasteiger partial charge >= 0.3 is 0 Å². The number of benzene rings is 2. The van der Waals surface area contributed by atoms with Crippen molar-refractivity contribution in [3.05, 3.63) is 65.9 Å². The maximum atomic E-state index is 5.68. The summed E-state index contributed by atoms with van der Waals surface area (Å²) in [7, 11) is 0. The number of aromatic nitrogens is 1. The lowest BCUT2D eigenvalue weighted by Gasteiger charge is -2.34. The first-order valence-corrected chi connectivity index (χ1v) is 9.14. The van der Waals surface area contributed by atoms with E-state index < -0.39 is 0 Å². The number of anilines is 1. The first-order valence-electron chi connectivity index (χ1n) is 9.14. The standard InChI is InChI=1S/C22H26N2O/c1-4-25-14-13-24-20-12-8-6-10-18(20)22(2,3)21(24)17-15-23-19-11-7-5-9-16(17)19/h5-12,15,21,23H,4,13-14H2,1-3H3. The van der Waals surface area contributed by atoms with Crippen LogP contribution in [0.1, 0.15) is 37.9 Å². The summed E-state index contributed by atoms with van der Waals surface area (Å²) in [6.07, 6.45) is 2.19. The summed E-state index contributed by atoms with van der Waals surface area (Å²) in [5.41, 5.74) is 5.36. The molecule has 1 aliphatic rings. The van der Waals surface area contributed by atoms with Crippen molar-refractivity contribution >= 4 is 16.6 Å². The van der Waals surface area contributed by atoms with Crippen LogP contribution in [0.25, 0.3) is 10.9 Å². The average Bonchev–Trinajstić information content (AvgIpc) is 3.13. The summed E-state index contributed by atoms with van der Waals surface area (Å²) in [5, 5.41) is 1.31. The van der Waals surface area contributed by atoms with E-state index in [1.165, 1.54) is 27.7 Å². The number of nitrogens with zero attached hydrogens (tertiary/aromatic N) is 1. The minimum atomic E-state index is 0.0355. The molecule has 1 aliphatic heterocycles. The third-order valence-corrected chi connectivity index (χ3v) is 5.50. The van der Waals surface area contributed by atoms with E-state index in [-0.39, 0.29) is 5.41 Å². The predicted molar refractivity (Wildman–Crippen MR) is 104 cm³/mol. The highest BCUT2D eigenvalue weighted by molar-refractivity contribution is 5.85. The molecule has 3 heteroatoms. The van der Waals surface area contributed by atoms with Gasteiger partial charge in [0.15, 0.2) is 0 Å². The maximum Gasteiger partial charge on any atom is 0.0656 e. The van der Waals surface area contributed by atoms with E-state index in [9.17, 15) is 0 Å². The van der Waals surface area contributed by atoms with Crippen molar-refractivity contribution in [3.8, 4) is 0 Å². The van der Waals surface area contributed by atoms with Crippen LogP contribution in [0.4, 0.5) is 5.69 Å². The topological polar surface area (TPSA) is 28.3 Å². The molecule has 2 heterocycles. The highest BCUT2D eigenvalue weighted by atomic mass is 16.5. The second-order valence-corrected chi connectivity index (χ2v) is 7.32. The van der Waals surface area contributed by atoms with E-state index in [0.29, 0.717) is 6.04 Å². The number of H-pyrrole nitrogens is 1. The fourth-order valence-corrected chi connectivity index (χ4v) is 4.38. The SMILES string of the molecule is CCOCCN1c2ccccc2C(C)(C)C1c1c[nH]c2ccccc12. The molecule has 0 fully saturated rings. The van der Waals surface area contributed by atoms with E-state index in [1.807, 2.05) is 0 Å². The molecule has 0 saturated heterocycles. The van der Waals surface area contributed by atoms with Crippen LogP contribution in [-0.4, -0.2) is 24.7 Å². The summed E-state index contributed by atoms with van der Waals surface area (Å²) in [5.74, 6) is 0. The molecule has 1 atom stereocenters. The Morgan fingerprint density at radius 3 is 2.68 bits per heavy atom. The minimum Gasteiger partial charge on any atom is -0.380 e. The van der Waals surface area contributed by atoms with Crippen molar-refractivity contribution in [3.63, 3.8) is 0 Å². The van der Waals surface area contributed by atoms with Gasteiger partial charge in [-0.1, -0.05) is 50.2 Å². The smallest absolute Gasteiger partial charge is 0.0656 e. The summed E-state index contributed by atoms with van der Waals surface area (Å²) < 4.78 is 5.68. The molecular weight excluding hydrogens is 308 g/mol. The van der Waals surface area contributed by atoms with Gasteiger partial charge in [-0.15, -0.1) is 0 Å². The quantitative estimate of drug-likeness (QED) is 0.662. The molecule has 1 aromatic heterocycles. The van der Waals surface area contributed by atoms with E-state index >= 15 is 0 Å². The molecule has 130 valence electrons. The third kappa shape index (κ3) is 2.54. The van der Waals surface area contributed by atoms with Crippen molar-refractivity contribution in [1.29, 1.82) is 0 Å². The van der Waals surface area contributed by atoms with Crippen molar-refractivity contribution in [2.75, 3.05) is 24.7 Å². The largest absolute Gasteiger partial charge is 0.380 e. The van der Waals surface area contributed by atoms with Crippen LogP contribution in [0.5, 0.6) is 0 Å². The van der Waals surface area contributed by atoms with Crippen LogP contribution in [-0.2, 0) is 10.2 Å². The van der Waals surface area contributed by atoms with Crippen LogP contribution in [0.2, 0.25) is 0 Å². The Morgan fingerprint density at radius 1 is 1.08 bits per heavy atom. The highest BCUT2D eigenvalue weighted by Crippen LogP contribution is 2.53. The second-order valence-electron chi connectivity index (χ2n) is 7.32. The van der Waals surface area contributed by atoms with Gasteiger partial charge in [0.1, 0.15) is 0 Å². The molecule has 0 aliphatic carbocycles. The predicted octanol–water partition coefficient (Wildman–Crippen LogP) is 5.04. The van der Waals surface area contributed by atoms with Gasteiger partial charge in [0.05, 0.1) is 12.6 Å². The average molecular weight is 334 g/mol. The molecular formula is C22H26N2O. The number of hydrogen-bond acceptors (Lipinski definition) is 2. The number of para-hydroxylation sites is 2. The zero-order valence-electron chi connectivity index (χ0n) is 15.3. The lowest BCUT2D eigenvalue weighted by atomic mass is 9.77. The molecule has 1 N–H and O–H groups in total. The van der Waals surface area contributed by atoms with Crippen molar-refractivity contribution in [2.24, 2.45) is 0 Å². The lowest BCUT2D eigenvalue weighted by Crippen LogP contribution is -2.35. The second kappa shape index (κ2) is 6.23. The van der Waals surface area contributed by atoms with Gasteiger partial charge < -0.3 is 14.6 Å². The summed E-state index contributed by atoms with van der Waals surface area (Å²) >= 11 is 0. The molecule has 0 saturated carbocycles. The van der Waals surface area contributed by atoms with Crippen LogP contribution >= 0.6 is 0 Å². The Balaban J connectivity index is 1.83. The highest BCUT2D eigenvalue weighted by Gasteiger charge is 2.45. The normalized spacial score (nSPS) is 18.7. The van der Waals surface area contributed by atoms with E-state index in [1.54, 1.807) is 0 Å². The molecule has 0 spiro atoms. The van der Waals surface area contributed by atoms with Gasteiger partial charge in [0.25, 0.3) is 0 Å². The molecule has 3 aromatic rings. The summed E-state index contributed by atoms with van der Waals surface area (Å²) in [6, 6.07) is 17.7. The zero-order valence-corrected chi connectivity index (χ0v) is 15.3. The van der Waals surface area contributed by atoms with Gasteiger partial charge in [-0.2, -0.15) is 0 Å². The fourth-order valence-electron chi connectivity index (χ4n) is 4.38.